The molecule has 1 heterocycles. The molecule has 156 valence electrons. The Hall–Kier alpha value is -2.73. The van der Waals surface area contributed by atoms with E-state index < -0.39 is 6.10 Å². The molecule has 1 saturated heterocycles. The van der Waals surface area contributed by atoms with E-state index in [9.17, 15) is 5.11 Å². The molecule has 0 saturated carbocycles. The molecular weight excluding hydrogens is 366 g/mol. The summed E-state index contributed by atoms with van der Waals surface area (Å²) in [6.45, 7) is 4.91. The normalized spacial score (nSPS) is 16.4. The lowest BCUT2D eigenvalue weighted by atomic mass is 10.1. The minimum atomic E-state index is -0.645. The number of aliphatic imine (C=N–C) groups is 1. The summed E-state index contributed by atoms with van der Waals surface area (Å²) in [7, 11) is 1.63. The summed E-state index contributed by atoms with van der Waals surface area (Å²) in [6.07, 6.45) is 1.47. The van der Waals surface area contributed by atoms with Crippen molar-refractivity contribution in [1.82, 2.24) is 10.2 Å². The first-order valence-electron chi connectivity index (χ1n) is 10.3. The maximum absolute atomic E-state index is 10.5. The van der Waals surface area contributed by atoms with Crippen molar-refractivity contribution in [3.05, 3.63) is 60.2 Å². The molecule has 29 heavy (non-hydrogen) atoms. The lowest BCUT2D eigenvalue weighted by Gasteiger charge is -2.34. The Morgan fingerprint density at radius 3 is 2.41 bits per heavy atom. The van der Waals surface area contributed by atoms with E-state index in [0.717, 1.165) is 55.5 Å². The van der Waals surface area contributed by atoms with Gasteiger partial charge in [-0.25, -0.2) is 0 Å². The lowest BCUT2D eigenvalue weighted by molar-refractivity contribution is 0.129. The van der Waals surface area contributed by atoms with Crippen LogP contribution in [0.1, 0.15) is 31.4 Å². The Morgan fingerprint density at radius 1 is 1.10 bits per heavy atom. The molecule has 0 spiro atoms. The van der Waals surface area contributed by atoms with E-state index in [1.54, 1.807) is 7.11 Å². The standard InChI is InChI=1S/C23H31N3O3/c1-3-24-23(25-17-22(27)18-9-11-19(28-2)12-10-18)26-15-13-21(14-16-26)29-20-7-5-4-6-8-20/h4-12,21-22,27H,3,13-17H2,1-2H3,(H,24,25). The van der Waals surface area contributed by atoms with Crippen LogP contribution in [-0.4, -0.2) is 55.4 Å². The molecule has 0 aromatic heterocycles. The number of para-hydroxylation sites is 1. The van der Waals surface area contributed by atoms with Gasteiger partial charge in [-0.2, -0.15) is 0 Å². The number of nitrogens with zero attached hydrogens (tertiary/aromatic N) is 2. The smallest absolute Gasteiger partial charge is 0.194 e. The Morgan fingerprint density at radius 2 is 1.79 bits per heavy atom. The summed E-state index contributed by atoms with van der Waals surface area (Å²) in [5, 5.41) is 13.8. The van der Waals surface area contributed by atoms with Gasteiger partial charge >= 0.3 is 0 Å². The highest BCUT2D eigenvalue weighted by molar-refractivity contribution is 5.80. The molecule has 0 bridgehead atoms. The molecule has 6 heteroatoms. The van der Waals surface area contributed by atoms with Gasteiger partial charge in [0.2, 0.25) is 0 Å². The van der Waals surface area contributed by atoms with E-state index in [-0.39, 0.29) is 6.10 Å². The van der Waals surface area contributed by atoms with Crippen molar-refractivity contribution in [2.75, 3.05) is 33.3 Å². The van der Waals surface area contributed by atoms with E-state index in [1.807, 2.05) is 54.6 Å². The van der Waals surface area contributed by atoms with Crippen LogP contribution in [0.15, 0.2) is 59.6 Å². The third-order valence-electron chi connectivity index (χ3n) is 5.04. The maximum atomic E-state index is 10.5. The van der Waals surface area contributed by atoms with Crippen LogP contribution >= 0.6 is 0 Å². The summed E-state index contributed by atoms with van der Waals surface area (Å²) >= 11 is 0. The summed E-state index contributed by atoms with van der Waals surface area (Å²) in [6, 6.07) is 17.4. The van der Waals surface area contributed by atoms with Crippen molar-refractivity contribution in [1.29, 1.82) is 0 Å². The van der Waals surface area contributed by atoms with Gasteiger partial charge in [0.25, 0.3) is 0 Å². The van der Waals surface area contributed by atoms with Crippen LogP contribution in [0, 0.1) is 0 Å². The zero-order chi connectivity index (χ0) is 20.5. The first-order valence-corrected chi connectivity index (χ1v) is 10.3. The van der Waals surface area contributed by atoms with Crippen LogP contribution in [0.5, 0.6) is 11.5 Å². The van der Waals surface area contributed by atoms with E-state index in [2.05, 4.69) is 22.1 Å². The van der Waals surface area contributed by atoms with Crippen LogP contribution in [-0.2, 0) is 0 Å². The first-order chi connectivity index (χ1) is 14.2. The second-order valence-electron chi connectivity index (χ2n) is 7.10. The monoisotopic (exact) mass is 397 g/mol. The number of piperidine rings is 1. The SMILES string of the molecule is CCNC(=NCC(O)c1ccc(OC)cc1)N1CCC(Oc2ccccc2)CC1. The van der Waals surface area contributed by atoms with Gasteiger partial charge in [0.15, 0.2) is 5.96 Å². The number of guanidine groups is 1. The minimum Gasteiger partial charge on any atom is -0.497 e. The Kier molecular flexibility index (Phi) is 7.76. The predicted molar refractivity (Wildman–Crippen MR) is 116 cm³/mol. The molecule has 2 aromatic carbocycles. The molecule has 0 aliphatic carbocycles. The van der Waals surface area contributed by atoms with Gasteiger partial charge in [-0.15, -0.1) is 0 Å². The van der Waals surface area contributed by atoms with Crippen molar-refractivity contribution >= 4 is 5.96 Å². The second-order valence-corrected chi connectivity index (χ2v) is 7.10. The molecule has 1 atom stereocenters. The van der Waals surface area contributed by atoms with Crippen LogP contribution < -0.4 is 14.8 Å². The highest BCUT2D eigenvalue weighted by Crippen LogP contribution is 2.20. The highest BCUT2D eigenvalue weighted by Gasteiger charge is 2.23. The number of benzene rings is 2. The molecule has 1 aliphatic heterocycles. The third-order valence-corrected chi connectivity index (χ3v) is 5.04. The van der Waals surface area contributed by atoms with Gasteiger partial charge in [-0.05, 0) is 36.8 Å². The van der Waals surface area contributed by atoms with Crippen LogP contribution in [0.25, 0.3) is 0 Å². The molecule has 1 aliphatic rings. The Labute approximate surface area is 173 Å². The third kappa shape index (κ3) is 6.12. The van der Waals surface area contributed by atoms with Crippen molar-refractivity contribution in [2.24, 2.45) is 4.99 Å². The van der Waals surface area contributed by atoms with Gasteiger partial charge < -0.3 is 24.8 Å². The molecule has 6 nitrogen and oxygen atoms in total. The summed E-state index contributed by atoms with van der Waals surface area (Å²) < 4.78 is 11.2. The Bertz CT molecular complexity index is 757. The maximum Gasteiger partial charge on any atom is 0.194 e. The van der Waals surface area contributed by atoms with E-state index in [0.29, 0.717) is 6.54 Å². The molecule has 0 amide bonds. The van der Waals surface area contributed by atoms with Crippen molar-refractivity contribution < 1.29 is 14.6 Å². The van der Waals surface area contributed by atoms with Crippen LogP contribution in [0.3, 0.4) is 0 Å². The van der Waals surface area contributed by atoms with Crippen molar-refractivity contribution in [3.8, 4) is 11.5 Å². The van der Waals surface area contributed by atoms with Crippen LogP contribution in [0.2, 0.25) is 0 Å². The second kappa shape index (κ2) is 10.7. The number of likely N-dealkylation sites (tertiary alicyclic amines) is 1. The predicted octanol–water partition coefficient (Wildman–Crippen LogP) is 3.24. The lowest BCUT2D eigenvalue weighted by Crippen LogP contribution is -2.47. The zero-order valence-electron chi connectivity index (χ0n) is 17.3. The molecule has 2 aromatic rings. The number of methoxy groups -OCH3 is 1. The largest absolute Gasteiger partial charge is 0.497 e. The van der Waals surface area contributed by atoms with E-state index in [1.165, 1.54) is 0 Å². The first kappa shape index (κ1) is 21.0. The summed E-state index contributed by atoms with van der Waals surface area (Å²) in [5.41, 5.74) is 0.834. The number of ether oxygens (including phenoxy) is 2. The van der Waals surface area contributed by atoms with Crippen LogP contribution in [0.4, 0.5) is 0 Å². The van der Waals surface area contributed by atoms with Crippen molar-refractivity contribution in [2.45, 2.75) is 32.0 Å². The Balaban J connectivity index is 1.54. The van der Waals surface area contributed by atoms with E-state index >= 15 is 0 Å². The molecular formula is C23H31N3O3. The number of nitrogens with one attached hydrogen (secondary N) is 1. The molecule has 1 fully saturated rings. The average Bonchev–Trinajstić information content (AvgIpc) is 2.78. The topological polar surface area (TPSA) is 66.3 Å². The number of aliphatic hydroxyl groups is 1. The van der Waals surface area contributed by atoms with E-state index in [4.69, 9.17) is 9.47 Å². The van der Waals surface area contributed by atoms with Gasteiger partial charge in [-0.1, -0.05) is 30.3 Å². The quantitative estimate of drug-likeness (QED) is 0.555. The highest BCUT2D eigenvalue weighted by atomic mass is 16.5. The fraction of sp³-hybridized carbons (Fsp3) is 0.435. The van der Waals surface area contributed by atoms with Gasteiger partial charge in [-0.3, -0.25) is 4.99 Å². The number of rotatable bonds is 7. The average molecular weight is 398 g/mol. The molecule has 1 unspecified atom stereocenters. The minimum absolute atomic E-state index is 0.224. The van der Waals surface area contributed by atoms with Gasteiger partial charge in [0, 0.05) is 32.5 Å². The van der Waals surface area contributed by atoms with Gasteiger partial charge in [0.1, 0.15) is 17.6 Å². The summed E-state index contributed by atoms with van der Waals surface area (Å²) in [4.78, 5) is 6.92. The van der Waals surface area contributed by atoms with Crippen molar-refractivity contribution in [3.63, 3.8) is 0 Å². The number of hydrogen-bond donors (Lipinski definition) is 2. The number of hydrogen-bond acceptors (Lipinski definition) is 4. The molecule has 3 rings (SSSR count). The number of aliphatic hydroxyl groups excluding tert-OH is 1. The molecule has 2 N–H and O–H groups in total. The van der Waals surface area contributed by atoms with Gasteiger partial charge in [0.05, 0.1) is 19.8 Å². The summed E-state index contributed by atoms with van der Waals surface area (Å²) in [5.74, 6) is 2.55. The molecule has 0 radical (unpaired) electrons. The fourth-order valence-electron chi connectivity index (χ4n) is 3.41. The fourth-order valence-corrected chi connectivity index (χ4v) is 3.41. The zero-order valence-corrected chi connectivity index (χ0v) is 17.3.